The summed E-state index contributed by atoms with van der Waals surface area (Å²) in [6.45, 7) is 2.20. The van der Waals surface area contributed by atoms with Crippen molar-refractivity contribution in [2.24, 2.45) is 0 Å². The van der Waals surface area contributed by atoms with Gasteiger partial charge in [0.15, 0.2) is 0 Å². The van der Waals surface area contributed by atoms with Crippen LogP contribution in [0.3, 0.4) is 0 Å². The Morgan fingerprint density at radius 3 is 1.05 bits per heavy atom. The number of rotatable bonds is 8. The molecule has 5 aromatic carbocycles. The Morgan fingerprint density at radius 2 is 0.756 bits per heavy atom. The average molecular weight is 540 g/mol. The van der Waals surface area contributed by atoms with Crippen LogP contribution in [0.15, 0.2) is 152 Å². The van der Waals surface area contributed by atoms with E-state index in [4.69, 9.17) is 0 Å². The summed E-state index contributed by atoms with van der Waals surface area (Å²) < 4.78 is 0. The summed E-state index contributed by atoms with van der Waals surface area (Å²) in [7, 11) is 0. The molecule has 41 heavy (non-hydrogen) atoms. The van der Waals surface area contributed by atoms with Gasteiger partial charge in [0.2, 0.25) is 0 Å². The first kappa shape index (κ1) is 27.2. The summed E-state index contributed by atoms with van der Waals surface area (Å²) in [6, 6.07) is 49.8. The minimum absolute atomic E-state index is 0.0772. The SMILES string of the molecule is C[C@@H](c1ccccc1)N1[C@H](C(O)(c2ccccc2)c2ccccc2)CC[C@H]1C(O)(c1ccccc1)c1ccccc1. The molecular formula is C38H37NO2. The number of hydrogen-bond donors (Lipinski definition) is 2. The van der Waals surface area contributed by atoms with E-state index in [0.717, 1.165) is 27.8 Å². The van der Waals surface area contributed by atoms with Crippen molar-refractivity contribution in [2.45, 2.75) is 49.1 Å². The van der Waals surface area contributed by atoms with Crippen molar-refractivity contribution in [3.63, 3.8) is 0 Å². The van der Waals surface area contributed by atoms with Crippen LogP contribution < -0.4 is 0 Å². The lowest BCUT2D eigenvalue weighted by molar-refractivity contribution is -0.0741. The summed E-state index contributed by atoms with van der Waals surface area (Å²) in [6.07, 6.45) is 1.42. The van der Waals surface area contributed by atoms with E-state index < -0.39 is 11.2 Å². The lowest BCUT2D eigenvalue weighted by Gasteiger charge is -2.48. The summed E-state index contributed by atoms with van der Waals surface area (Å²) >= 11 is 0. The van der Waals surface area contributed by atoms with Crippen LogP contribution in [0.5, 0.6) is 0 Å². The number of nitrogens with zero attached hydrogens (tertiary/aromatic N) is 1. The quantitative estimate of drug-likeness (QED) is 0.215. The van der Waals surface area contributed by atoms with Crippen LogP contribution in [-0.4, -0.2) is 27.2 Å². The van der Waals surface area contributed by atoms with Gasteiger partial charge < -0.3 is 10.2 Å². The summed E-state index contributed by atoms with van der Waals surface area (Å²) in [5, 5.41) is 26.0. The largest absolute Gasteiger partial charge is 0.379 e. The normalized spacial score (nSPS) is 18.7. The van der Waals surface area contributed by atoms with Gasteiger partial charge in [-0.3, -0.25) is 4.90 Å². The van der Waals surface area contributed by atoms with Gasteiger partial charge in [-0.15, -0.1) is 0 Å². The molecule has 0 unspecified atom stereocenters. The lowest BCUT2D eigenvalue weighted by Crippen LogP contribution is -2.56. The Hall–Kier alpha value is -4.02. The predicted octanol–water partition coefficient (Wildman–Crippen LogP) is 7.45. The standard InChI is InChI=1S/C38H37NO2/c1-29(30-17-7-2-8-18-30)39-35(37(40,31-19-9-3-10-20-31)32-21-11-4-12-22-32)27-28-36(39)38(41,33-23-13-5-14-24-33)34-25-15-6-16-26-34/h2-26,29,35-36,40-41H,27-28H2,1H3/t29-,35-,36-/m0/s1. The van der Waals surface area contributed by atoms with Crippen molar-refractivity contribution >= 4 is 0 Å². The molecule has 0 bridgehead atoms. The van der Waals surface area contributed by atoms with Gasteiger partial charge in [0.25, 0.3) is 0 Å². The number of aliphatic hydroxyl groups is 2. The predicted molar refractivity (Wildman–Crippen MR) is 165 cm³/mol. The highest BCUT2D eigenvalue weighted by molar-refractivity contribution is 5.43. The first-order valence-electron chi connectivity index (χ1n) is 14.5. The zero-order valence-electron chi connectivity index (χ0n) is 23.4. The maximum absolute atomic E-state index is 13.0. The Morgan fingerprint density at radius 1 is 0.488 bits per heavy atom. The third-order valence-corrected chi connectivity index (χ3v) is 8.98. The molecule has 3 nitrogen and oxygen atoms in total. The monoisotopic (exact) mass is 539 g/mol. The van der Waals surface area contributed by atoms with Crippen LogP contribution >= 0.6 is 0 Å². The first-order valence-corrected chi connectivity index (χ1v) is 14.5. The van der Waals surface area contributed by atoms with Crippen LogP contribution in [0.1, 0.15) is 53.6 Å². The second-order valence-corrected chi connectivity index (χ2v) is 11.1. The molecule has 0 amide bonds. The van der Waals surface area contributed by atoms with E-state index in [1.807, 2.05) is 127 Å². The van der Waals surface area contributed by atoms with Crippen molar-refractivity contribution < 1.29 is 10.2 Å². The Labute approximate surface area is 243 Å². The highest BCUT2D eigenvalue weighted by atomic mass is 16.3. The van der Waals surface area contributed by atoms with Crippen molar-refractivity contribution in [1.82, 2.24) is 4.90 Å². The van der Waals surface area contributed by atoms with Gasteiger partial charge in [-0.25, -0.2) is 0 Å². The molecule has 1 aliphatic heterocycles. The van der Waals surface area contributed by atoms with Gasteiger partial charge in [0.1, 0.15) is 11.2 Å². The third kappa shape index (κ3) is 4.81. The van der Waals surface area contributed by atoms with Crippen molar-refractivity contribution in [2.75, 3.05) is 0 Å². The zero-order valence-corrected chi connectivity index (χ0v) is 23.4. The van der Waals surface area contributed by atoms with Crippen LogP contribution in [0, 0.1) is 0 Å². The molecule has 1 fully saturated rings. The first-order chi connectivity index (χ1) is 20.0. The summed E-state index contributed by atoms with van der Waals surface area (Å²) in [5.41, 5.74) is 1.96. The number of benzene rings is 5. The van der Waals surface area contributed by atoms with Gasteiger partial charge in [0.05, 0.1) is 0 Å². The molecule has 3 atom stereocenters. The van der Waals surface area contributed by atoms with E-state index in [0.29, 0.717) is 12.8 Å². The minimum atomic E-state index is -1.30. The molecule has 1 aliphatic rings. The molecule has 6 rings (SSSR count). The lowest BCUT2D eigenvalue weighted by atomic mass is 9.78. The van der Waals surface area contributed by atoms with E-state index in [1.165, 1.54) is 0 Å². The Kier molecular flexibility index (Phi) is 7.59. The van der Waals surface area contributed by atoms with E-state index in [9.17, 15) is 10.2 Å². The maximum atomic E-state index is 13.0. The summed E-state index contributed by atoms with van der Waals surface area (Å²) in [4.78, 5) is 2.40. The highest BCUT2D eigenvalue weighted by Crippen LogP contribution is 2.51. The van der Waals surface area contributed by atoms with E-state index >= 15 is 0 Å². The third-order valence-electron chi connectivity index (χ3n) is 8.98. The van der Waals surface area contributed by atoms with E-state index in [2.05, 4.69) is 36.1 Å². The fourth-order valence-electron chi connectivity index (χ4n) is 7.00. The molecule has 1 heterocycles. The maximum Gasteiger partial charge on any atom is 0.130 e. The van der Waals surface area contributed by atoms with Crippen LogP contribution in [-0.2, 0) is 11.2 Å². The molecule has 5 aromatic rings. The molecule has 0 aromatic heterocycles. The van der Waals surface area contributed by atoms with Gasteiger partial charge in [-0.1, -0.05) is 152 Å². The number of hydrogen-bond acceptors (Lipinski definition) is 3. The van der Waals surface area contributed by atoms with Gasteiger partial charge in [-0.05, 0) is 47.6 Å². The Bertz CT molecular complexity index is 1350. The topological polar surface area (TPSA) is 43.7 Å². The minimum Gasteiger partial charge on any atom is -0.379 e. The van der Waals surface area contributed by atoms with Crippen LogP contribution in [0.4, 0.5) is 0 Å². The Balaban J connectivity index is 1.58. The van der Waals surface area contributed by atoms with Gasteiger partial charge in [-0.2, -0.15) is 0 Å². The molecule has 2 N–H and O–H groups in total. The smallest absolute Gasteiger partial charge is 0.130 e. The highest BCUT2D eigenvalue weighted by Gasteiger charge is 2.56. The van der Waals surface area contributed by atoms with Gasteiger partial charge >= 0.3 is 0 Å². The van der Waals surface area contributed by atoms with Crippen LogP contribution in [0.2, 0.25) is 0 Å². The van der Waals surface area contributed by atoms with Crippen LogP contribution in [0.25, 0.3) is 0 Å². The molecule has 3 heteroatoms. The van der Waals surface area contributed by atoms with Crippen molar-refractivity contribution in [3.8, 4) is 0 Å². The second-order valence-electron chi connectivity index (χ2n) is 11.1. The molecule has 0 aliphatic carbocycles. The van der Waals surface area contributed by atoms with Crippen molar-refractivity contribution in [1.29, 1.82) is 0 Å². The molecule has 0 radical (unpaired) electrons. The van der Waals surface area contributed by atoms with E-state index in [1.54, 1.807) is 0 Å². The van der Waals surface area contributed by atoms with Crippen molar-refractivity contribution in [3.05, 3.63) is 179 Å². The van der Waals surface area contributed by atoms with Gasteiger partial charge in [0, 0.05) is 18.1 Å². The zero-order chi connectivity index (χ0) is 28.3. The fourth-order valence-corrected chi connectivity index (χ4v) is 7.00. The molecule has 1 saturated heterocycles. The second kappa shape index (κ2) is 11.5. The molecular weight excluding hydrogens is 502 g/mol. The summed E-state index contributed by atoms with van der Waals surface area (Å²) in [5.74, 6) is 0. The van der Waals surface area contributed by atoms with E-state index in [-0.39, 0.29) is 18.1 Å². The molecule has 0 spiro atoms. The fraction of sp³-hybridized carbons (Fsp3) is 0.211. The number of likely N-dealkylation sites (tertiary alicyclic amines) is 1. The molecule has 206 valence electrons. The molecule has 0 saturated carbocycles. The average Bonchev–Trinajstić information content (AvgIpc) is 3.52.